The summed E-state index contributed by atoms with van der Waals surface area (Å²) in [5.74, 6) is 0.101. The average molecular weight is 298 g/mol. The Kier molecular flexibility index (Phi) is 4.59. The molecule has 1 aromatic heterocycles. The highest BCUT2D eigenvalue weighted by Crippen LogP contribution is 2.20. The Labute approximate surface area is 119 Å². The summed E-state index contributed by atoms with van der Waals surface area (Å²) in [6.07, 6.45) is 1.63. The summed E-state index contributed by atoms with van der Waals surface area (Å²) in [5.41, 5.74) is 5.92. The SMILES string of the molecule is NC(=O)COc1ccc(NCc2ncc(Cl)s2)cc1. The lowest BCUT2D eigenvalue weighted by Crippen LogP contribution is -2.19. The van der Waals surface area contributed by atoms with Crippen molar-refractivity contribution in [3.05, 3.63) is 39.8 Å². The van der Waals surface area contributed by atoms with Crippen LogP contribution in [0.25, 0.3) is 0 Å². The molecule has 3 N–H and O–H groups in total. The third-order valence-electron chi connectivity index (χ3n) is 2.20. The van der Waals surface area contributed by atoms with Gasteiger partial charge in [-0.25, -0.2) is 4.98 Å². The lowest BCUT2D eigenvalue weighted by molar-refractivity contribution is -0.119. The fourth-order valence-corrected chi connectivity index (χ4v) is 2.27. The predicted octanol–water partition coefficient (Wildman–Crippen LogP) is 2.27. The zero-order chi connectivity index (χ0) is 13.7. The van der Waals surface area contributed by atoms with Crippen LogP contribution in [-0.4, -0.2) is 17.5 Å². The molecule has 1 aromatic carbocycles. The molecule has 1 amide bonds. The number of thiazole rings is 1. The number of amides is 1. The molecule has 0 atom stereocenters. The molecule has 0 bridgehead atoms. The van der Waals surface area contributed by atoms with Gasteiger partial charge in [0.2, 0.25) is 0 Å². The number of carbonyl (C=O) groups is 1. The van der Waals surface area contributed by atoms with Gasteiger partial charge in [0, 0.05) is 5.69 Å². The van der Waals surface area contributed by atoms with Crippen LogP contribution in [-0.2, 0) is 11.3 Å². The van der Waals surface area contributed by atoms with Gasteiger partial charge in [0.15, 0.2) is 6.61 Å². The molecule has 0 saturated heterocycles. The molecule has 0 unspecified atom stereocenters. The Balaban J connectivity index is 1.86. The fraction of sp³-hybridized carbons (Fsp3) is 0.167. The van der Waals surface area contributed by atoms with Gasteiger partial charge in [-0.2, -0.15) is 0 Å². The number of halogens is 1. The Hall–Kier alpha value is -1.79. The maximum Gasteiger partial charge on any atom is 0.255 e. The van der Waals surface area contributed by atoms with Gasteiger partial charge in [0.25, 0.3) is 5.91 Å². The van der Waals surface area contributed by atoms with E-state index in [-0.39, 0.29) is 6.61 Å². The molecule has 2 rings (SSSR count). The van der Waals surface area contributed by atoms with Gasteiger partial charge >= 0.3 is 0 Å². The van der Waals surface area contributed by atoms with Crippen molar-refractivity contribution in [3.8, 4) is 5.75 Å². The van der Waals surface area contributed by atoms with Gasteiger partial charge in [-0.1, -0.05) is 11.6 Å². The normalized spacial score (nSPS) is 10.2. The molecule has 19 heavy (non-hydrogen) atoms. The van der Waals surface area contributed by atoms with E-state index in [0.29, 0.717) is 16.6 Å². The lowest BCUT2D eigenvalue weighted by atomic mass is 10.3. The number of rotatable bonds is 6. The van der Waals surface area contributed by atoms with Crippen molar-refractivity contribution < 1.29 is 9.53 Å². The zero-order valence-corrected chi connectivity index (χ0v) is 11.5. The molecule has 0 aliphatic heterocycles. The quantitative estimate of drug-likeness (QED) is 0.857. The lowest BCUT2D eigenvalue weighted by Gasteiger charge is -2.06. The van der Waals surface area contributed by atoms with Gasteiger partial charge in [-0.05, 0) is 24.3 Å². The van der Waals surface area contributed by atoms with Crippen LogP contribution in [0.1, 0.15) is 5.01 Å². The second-order valence-corrected chi connectivity index (χ2v) is 5.44. The minimum atomic E-state index is -0.497. The van der Waals surface area contributed by atoms with Crippen LogP contribution in [0.5, 0.6) is 5.75 Å². The monoisotopic (exact) mass is 297 g/mol. The summed E-state index contributed by atoms with van der Waals surface area (Å²) in [5, 5.41) is 4.12. The molecule has 5 nitrogen and oxygen atoms in total. The number of carbonyl (C=O) groups excluding carboxylic acids is 1. The van der Waals surface area contributed by atoms with E-state index in [4.69, 9.17) is 22.1 Å². The number of hydrogen-bond donors (Lipinski definition) is 2. The minimum Gasteiger partial charge on any atom is -0.484 e. The second-order valence-electron chi connectivity index (χ2n) is 3.69. The highest BCUT2D eigenvalue weighted by Gasteiger charge is 2.01. The van der Waals surface area contributed by atoms with Crippen LogP contribution < -0.4 is 15.8 Å². The largest absolute Gasteiger partial charge is 0.484 e. The highest BCUT2D eigenvalue weighted by molar-refractivity contribution is 7.15. The average Bonchev–Trinajstić information content (AvgIpc) is 2.81. The van der Waals surface area contributed by atoms with Crippen LogP contribution in [0, 0.1) is 0 Å². The van der Waals surface area contributed by atoms with E-state index in [2.05, 4.69) is 10.3 Å². The number of nitrogens with one attached hydrogen (secondary N) is 1. The topological polar surface area (TPSA) is 77.2 Å². The third kappa shape index (κ3) is 4.42. The molecule has 0 aliphatic carbocycles. The van der Waals surface area contributed by atoms with Gasteiger partial charge in [-0.15, -0.1) is 11.3 Å². The molecule has 1 heterocycles. The number of ether oxygens (including phenoxy) is 1. The summed E-state index contributed by atoms with van der Waals surface area (Å²) in [4.78, 5) is 14.7. The van der Waals surface area contributed by atoms with Crippen molar-refractivity contribution in [1.82, 2.24) is 4.98 Å². The van der Waals surface area contributed by atoms with Crippen molar-refractivity contribution in [2.75, 3.05) is 11.9 Å². The highest BCUT2D eigenvalue weighted by atomic mass is 35.5. The van der Waals surface area contributed by atoms with E-state index in [1.807, 2.05) is 12.1 Å². The van der Waals surface area contributed by atoms with E-state index in [1.165, 1.54) is 11.3 Å². The van der Waals surface area contributed by atoms with E-state index in [0.717, 1.165) is 10.7 Å². The molecular weight excluding hydrogens is 286 g/mol. The van der Waals surface area contributed by atoms with Gasteiger partial charge in [0.1, 0.15) is 15.1 Å². The number of aromatic nitrogens is 1. The first-order chi connectivity index (χ1) is 9.13. The molecule has 7 heteroatoms. The van der Waals surface area contributed by atoms with E-state index in [1.54, 1.807) is 18.3 Å². The zero-order valence-electron chi connectivity index (χ0n) is 9.93. The first kappa shape index (κ1) is 13.6. The molecule has 0 aliphatic rings. The number of benzene rings is 1. The molecule has 100 valence electrons. The molecule has 0 fully saturated rings. The van der Waals surface area contributed by atoms with Crippen molar-refractivity contribution in [3.63, 3.8) is 0 Å². The van der Waals surface area contributed by atoms with Crippen LogP contribution in [0.2, 0.25) is 4.34 Å². The standard InChI is InChI=1S/C12H12ClN3O2S/c13-10-5-16-12(19-10)6-15-8-1-3-9(4-2-8)18-7-11(14)17/h1-5,15H,6-7H2,(H2,14,17). The van der Waals surface area contributed by atoms with Gasteiger partial charge < -0.3 is 15.8 Å². The second kappa shape index (κ2) is 6.40. The van der Waals surface area contributed by atoms with Crippen molar-refractivity contribution in [1.29, 1.82) is 0 Å². The molecular formula is C12H12ClN3O2S. The number of anilines is 1. The molecule has 0 spiro atoms. The number of hydrogen-bond acceptors (Lipinski definition) is 5. The van der Waals surface area contributed by atoms with Crippen LogP contribution >= 0.6 is 22.9 Å². The summed E-state index contributed by atoms with van der Waals surface area (Å²) in [6.45, 7) is 0.489. The van der Waals surface area contributed by atoms with E-state index >= 15 is 0 Å². The van der Waals surface area contributed by atoms with Gasteiger partial charge in [0.05, 0.1) is 12.7 Å². The van der Waals surface area contributed by atoms with Crippen LogP contribution in [0.3, 0.4) is 0 Å². The predicted molar refractivity (Wildman–Crippen MR) is 75.6 cm³/mol. The van der Waals surface area contributed by atoms with Crippen molar-refractivity contribution >= 4 is 34.5 Å². The van der Waals surface area contributed by atoms with E-state index in [9.17, 15) is 4.79 Å². The first-order valence-electron chi connectivity index (χ1n) is 5.49. The number of primary amides is 1. The fourth-order valence-electron chi connectivity index (χ4n) is 1.37. The summed E-state index contributed by atoms with van der Waals surface area (Å²) >= 11 is 7.23. The minimum absolute atomic E-state index is 0.121. The first-order valence-corrected chi connectivity index (χ1v) is 6.68. The van der Waals surface area contributed by atoms with E-state index < -0.39 is 5.91 Å². The Morgan fingerprint density at radius 1 is 1.42 bits per heavy atom. The molecule has 0 saturated carbocycles. The van der Waals surface area contributed by atoms with Gasteiger partial charge in [-0.3, -0.25) is 4.79 Å². The maximum absolute atomic E-state index is 10.6. The summed E-state index contributed by atoms with van der Waals surface area (Å²) < 4.78 is 5.83. The maximum atomic E-state index is 10.6. The number of nitrogens with zero attached hydrogens (tertiary/aromatic N) is 1. The Bertz CT molecular complexity index is 556. The summed E-state index contributed by atoms with van der Waals surface area (Å²) in [7, 11) is 0. The molecule has 2 aromatic rings. The third-order valence-corrected chi connectivity index (χ3v) is 3.32. The Morgan fingerprint density at radius 2 is 2.16 bits per heavy atom. The van der Waals surface area contributed by atoms with Crippen molar-refractivity contribution in [2.24, 2.45) is 5.73 Å². The smallest absolute Gasteiger partial charge is 0.255 e. The van der Waals surface area contributed by atoms with Crippen LogP contribution in [0.15, 0.2) is 30.5 Å². The summed E-state index contributed by atoms with van der Waals surface area (Å²) in [6, 6.07) is 7.23. The molecule has 0 radical (unpaired) electrons. The van der Waals surface area contributed by atoms with Crippen LogP contribution in [0.4, 0.5) is 5.69 Å². The Morgan fingerprint density at radius 3 is 2.74 bits per heavy atom. The number of nitrogens with two attached hydrogens (primary N) is 1. The van der Waals surface area contributed by atoms with Crippen molar-refractivity contribution in [2.45, 2.75) is 6.54 Å².